The topological polar surface area (TPSA) is 39.8 Å². The summed E-state index contributed by atoms with van der Waals surface area (Å²) in [7, 11) is 0. The molecule has 0 radical (unpaired) electrons. The lowest BCUT2D eigenvalue weighted by molar-refractivity contribution is -0.676. The van der Waals surface area contributed by atoms with E-state index in [1.54, 1.807) is 19.9 Å². The van der Waals surface area contributed by atoms with Gasteiger partial charge in [0.25, 0.3) is 0 Å². The van der Waals surface area contributed by atoms with Crippen LogP contribution in [0.15, 0.2) is 12.1 Å². The molecule has 9 heavy (non-hydrogen) atoms. The van der Waals surface area contributed by atoms with Gasteiger partial charge in [0.1, 0.15) is 5.69 Å². The number of hydrogen-bond acceptors (Lipinski definition) is 2. The molecule has 48 valence electrons. The molecule has 3 heteroatoms. The van der Waals surface area contributed by atoms with E-state index in [1.807, 2.05) is 6.07 Å². The average molecular weight is 124 g/mol. The number of nitrogens with zero attached hydrogens (tertiary/aromatic N) is 2. The van der Waals surface area contributed by atoms with E-state index in [0.29, 0.717) is 10.5 Å². The highest BCUT2D eigenvalue weighted by Crippen LogP contribution is 1.88. The van der Waals surface area contributed by atoms with Crippen molar-refractivity contribution in [2.75, 3.05) is 0 Å². The van der Waals surface area contributed by atoms with E-state index in [9.17, 15) is 5.21 Å². The Morgan fingerprint density at radius 3 is 2.56 bits per heavy atom. The summed E-state index contributed by atoms with van der Waals surface area (Å²) in [6.45, 7) is 3.51. The molecule has 1 heterocycles. The van der Waals surface area contributed by atoms with Crippen LogP contribution in [0, 0.1) is 19.1 Å². The molecular formula is C6H8N2O. The van der Waals surface area contributed by atoms with Crippen LogP contribution < -0.4 is 4.85 Å². The van der Waals surface area contributed by atoms with Crippen LogP contribution in [0.1, 0.15) is 11.4 Å². The molecule has 0 saturated heterocycles. The number of aryl methyl sites for hydroxylation is 2. The summed E-state index contributed by atoms with van der Waals surface area (Å²) in [6, 6.07) is 3.55. The van der Waals surface area contributed by atoms with Gasteiger partial charge in [-0.25, -0.2) is 0 Å². The normalized spacial score (nSPS) is 9.56. The molecule has 0 atom stereocenters. The molecular weight excluding hydrogens is 116 g/mol. The Kier molecular flexibility index (Phi) is 1.34. The molecule has 3 nitrogen and oxygen atoms in total. The third-order valence-electron chi connectivity index (χ3n) is 1.12. The van der Waals surface area contributed by atoms with E-state index >= 15 is 0 Å². The predicted octanol–water partition coefficient (Wildman–Crippen LogP) is 0.332. The van der Waals surface area contributed by atoms with E-state index in [2.05, 4.69) is 5.10 Å². The molecule has 1 aromatic rings. The van der Waals surface area contributed by atoms with Crippen LogP contribution in [0.25, 0.3) is 0 Å². The first-order valence-corrected chi connectivity index (χ1v) is 2.74. The van der Waals surface area contributed by atoms with Crippen LogP contribution in [-0.2, 0) is 0 Å². The maximum atomic E-state index is 10.6. The first-order chi connectivity index (χ1) is 4.20. The largest absolute Gasteiger partial charge is 0.594 e. The van der Waals surface area contributed by atoms with Gasteiger partial charge in [-0.3, -0.25) is 0 Å². The third-order valence-corrected chi connectivity index (χ3v) is 1.12. The Balaban J connectivity index is 3.17. The minimum Gasteiger partial charge on any atom is -0.594 e. The lowest BCUT2D eigenvalue weighted by Crippen LogP contribution is -2.34. The number of rotatable bonds is 0. The van der Waals surface area contributed by atoms with Gasteiger partial charge in [0.15, 0.2) is 0 Å². The molecule has 0 saturated carbocycles. The van der Waals surface area contributed by atoms with Gasteiger partial charge in [-0.2, -0.15) is 0 Å². The first-order valence-electron chi connectivity index (χ1n) is 2.74. The molecule has 0 aliphatic heterocycles. The Bertz CT molecular complexity index is 222. The monoisotopic (exact) mass is 124 g/mol. The maximum Gasteiger partial charge on any atom is 0.218 e. The van der Waals surface area contributed by atoms with Crippen LogP contribution in [0.2, 0.25) is 0 Å². The summed E-state index contributed by atoms with van der Waals surface area (Å²) in [6.07, 6.45) is 0. The second kappa shape index (κ2) is 2.01. The summed E-state index contributed by atoms with van der Waals surface area (Å²) in [5.74, 6) is 0. The highest BCUT2D eigenvalue weighted by atomic mass is 16.5. The fourth-order valence-electron chi connectivity index (χ4n) is 0.560. The lowest BCUT2D eigenvalue weighted by atomic mass is 10.4. The molecule has 0 bridgehead atoms. The van der Waals surface area contributed by atoms with Crippen molar-refractivity contribution in [3.63, 3.8) is 0 Å². The van der Waals surface area contributed by atoms with Crippen molar-refractivity contribution in [3.8, 4) is 0 Å². The number of aromatic nitrogens is 2. The SMILES string of the molecule is Cc1ccc(C)[n+]([O-])n1. The van der Waals surface area contributed by atoms with Gasteiger partial charge in [-0.1, -0.05) is 4.85 Å². The Morgan fingerprint density at radius 2 is 2.11 bits per heavy atom. The zero-order valence-corrected chi connectivity index (χ0v) is 5.46. The maximum absolute atomic E-state index is 10.6. The highest BCUT2D eigenvalue weighted by Gasteiger charge is 1.97. The second-order valence-corrected chi connectivity index (χ2v) is 1.99. The zero-order valence-electron chi connectivity index (χ0n) is 5.46. The lowest BCUT2D eigenvalue weighted by Gasteiger charge is -1.95. The van der Waals surface area contributed by atoms with Crippen LogP contribution in [-0.4, -0.2) is 5.10 Å². The molecule has 0 unspecified atom stereocenters. The standard InChI is InChI=1S/C6H8N2O/c1-5-3-4-6(2)8(9)7-5/h3-4H,1-2H3. The third kappa shape index (κ3) is 1.16. The van der Waals surface area contributed by atoms with Crippen molar-refractivity contribution in [2.24, 2.45) is 0 Å². The summed E-state index contributed by atoms with van der Waals surface area (Å²) in [4.78, 5) is 0.620. The fourth-order valence-corrected chi connectivity index (χ4v) is 0.560. The smallest absolute Gasteiger partial charge is 0.218 e. The van der Waals surface area contributed by atoms with E-state index in [-0.39, 0.29) is 0 Å². The van der Waals surface area contributed by atoms with Crippen molar-refractivity contribution in [1.29, 1.82) is 0 Å². The van der Waals surface area contributed by atoms with Crippen LogP contribution >= 0.6 is 0 Å². The summed E-state index contributed by atoms with van der Waals surface area (Å²) in [5, 5.41) is 14.3. The highest BCUT2D eigenvalue weighted by molar-refractivity contribution is 4.99. The molecule has 0 aliphatic rings. The van der Waals surface area contributed by atoms with Crippen LogP contribution in [0.5, 0.6) is 0 Å². The van der Waals surface area contributed by atoms with Crippen molar-refractivity contribution in [3.05, 3.63) is 28.7 Å². The van der Waals surface area contributed by atoms with Crippen LogP contribution in [0.3, 0.4) is 0 Å². The Hall–Kier alpha value is -1.12. The van der Waals surface area contributed by atoms with Crippen LogP contribution in [0.4, 0.5) is 0 Å². The first kappa shape index (κ1) is 6.01. The van der Waals surface area contributed by atoms with Gasteiger partial charge in [0, 0.05) is 18.1 Å². The van der Waals surface area contributed by atoms with Crippen molar-refractivity contribution in [2.45, 2.75) is 13.8 Å². The Morgan fingerprint density at radius 1 is 1.44 bits per heavy atom. The van der Waals surface area contributed by atoms with E-state index in [1.165, 1.54) is 0 Å². The second-order valence-electron chi connectivity index (χ2n) is 1.99. The van der Waals surface area contributed by atoms with Gasteiger partial charge >= 0.3 is 0 Å². The average Bonchev–Trinajstić information content (AvgIpc) is 1.80. The summed E-state index contributed by atoms with van der Waals surface area (Å²) >= 11 is 0. The van der Waals surface area contributed by atoms with Crippen molar-refractivity contribution >= 4 is 0 Å². The predicted molar refractivity (Wildman–Crippen MR) is 32.7 cm³/mol. The minimum absolute atomic E-state index is 0.620. The Labute approximate surface area is 53.5 Å². The molecule has 1 rings (SSSR count). The summed E-state index contributed by atoms with van der Waals surface area (Å²) in [5.41, 5.74) is 1.37. The van der Waals surface area contributed by atoms with Gasteiger partial charge < -0.3 is 5.21 Å². The minimum atomic E-state index is 0.620. The molecule has 0 amide bonds. The van der Waals surface area contributed by atoms with Gasteiger partial charge in [0.2, 0.25) is 5.69 Å². The molecule has 0 aliphatic carbocycles. The molecule has 1 aromatic heterocycles. The number of hydrogen-bond donors (Lipinski definition) is 0. The fraction of sp³-hybridized carbons (Fsp3) is 0.333. The van der Waals surface area contributed by atoms with E-state index in [0.717, 1.165) is 5.69 Å². The van der Waals surface area contributed by atoms with Crippen molar-refractivity contribution in [1.82, 2.24) is 5.10 Å². The van der Waals surface area contributed by atoms with Gasteiger partial charge in [-0.15, -0.1) is 0 Å². The van der Waals surface area contributed by atoms with Gasteiger partial charge in [-0.05, 0) is 13.0 Å². The molecule has 0 N–H and O–H groups in total. The van der Waals surface area contributed by atoms with E-state index in [4.69, 9.17) is 0 Å². The van der Waals surface area contributed by atoms with Gasteiger partial charge in [0.05, 0.1) is 0 Å². The molecule has 0 fully saturated rings. The van der Waals surface area contributed by atoms with Crippen molar-refractivity contribution < 1.29 is 4.85 Å². The quantitative estimate of drug-likeness (QED) is 0.369. The summed E-state index contributed by atoms with van der Waals surface area (Å²) < 4.78 is 0. The zero-order chi connectivity index (χ0) is 6.85. The molecule has 0 aromatic carbocycles. The van der Waals surface area contributed by atoms with E-state index < -0.39 is 0 Å². The molecule has 0 spiro atoms.